The Balaban J connectivity index is 1.78. The lowest BCUT2D eigenvalue weighted by molar-refractivity contribution is 0.0658. The minimum absolute atomic E-state index is 0.0667. The SMILES string of the molecule is Cc1nc(Nc2cc(C)on2)cc(C(=O)N2CCN(C)CC2)n1. The van der Waals surface area contributed by atoms with Crippen LogP contribution in [0.4, 0.5) is 11.6 Å². The summed E-state index contributed by atoms with van der Waals surface area (Å²) in [4.78, 5) is 25.2. The van der Waals surface area contributed by atoms with E-state index in [-0.39, 0.29) is 5.91 Å². The first kappa shape index (κ1) is 15.4. The van der Waals surface area contributed by atoms with Crippen LogP contribution in [0.5, 0.6) is 0 Å². The smallest absolute Gasteiger partial charge is 0.272 e. The van der Waals surface area contributed by atoms with Gasteiger partial charge in [0.1, 0.15) is 23.1 Å². The highest BCUT2D eigenvalue weighted by molar-refractivity contribution is 5.93. The summed E-state index contributed by atoms with van der Waals surface area (Å²) >= 11 is 0. The second kappa shape index (κ2) is 6.33. The number of likely N-dealkylation sites (N-methyl/N-ethyl adjacent to an activating group) is 1. The van der Waals surface area contributed by atoms with Crippen molar-refractivity contribution in [2.24, 2.45) is 0 Å². The lowest BCUT2D eigenvalue weighted by Gasteiger charge is -2.32. The summed E-state index contributed by atoms with van der Waals surface area (Å²) in [6, 6.07) is 3.41. The minimum atomic E-state index is -0.0667. The molecule has 122 valence electrons. The molecule has 1 saturated heterocycles. The Hall–Kier alpha value is -2.48. The Morgan fingerprint density at radius 1 is 1.13 bits per heavy atom. The van der Waals surface area contributed by atoms with Gasteiger partial charge in [0.05, 0.1) is 0 Å². The van der Waals surface area contributed by atoms with Gasteiger partial charge in [0, 0.05) is 38.3 Å². The number of hydrogen-bond donors (Lipinski definition) is 1. The Morgan fingerprint density at radius 2 is 1.87 bits per heavy atom. The van der Waals surface area contributed by atoms with Gasteiger partial charge in [-0.3, -0.25) is 4.79 Å². The van der Waals surface area contributed by atoms with Crippen molar-refractivity contribution in [2.75, 3.05) is 38.5 Å². The second-order valence-electron chi connectivity index (χ2n) is 5.73. The number of aryl methyl sites for hydroxylation is 2. The highest BCUT2D eigenvalue weighted by Crippen LogP contribution is 2.16. The van der Waals surface area contributed by atoms with Gasteiger partial charge in [-0.05, 0) is 20.9 Å². The van der Waals surface area contributed by atoms with Gasteiger partial charge in [0.2, 0.25) is 0 Å². The van der Waals surface area contributed by atoms with E-state index in [1.807, 2.05) is 11.8 Å². The maximum Gasteiger partial charge on any atom is 0.272 e. The van der Waals surface area contributed by atoms with Gasteiger partial charge in [-0.15, -0.1) is 0 Å². The van der Waals surface area contributed by atoms with Crippen LogP contribution in [0.15, 0.2) is 16.7 Å². The van der Waals surface area contributed by atoms with Gasteiger partial charge >= 0.3 is 0 Å². The highest BCUT2D eigenvalue weighted by Gasteiger charge is 2.22. The fraction of sp³-hybridized carbons (Fsp3) is 0.467. The van der Waals surface area contributed by atoms with E-state index < -0.39 is 0 Å². The molecule has 0 unspecified atom stereocenters. The van der Waals surface area contributed by atoms with Crippen molar-refractivity contribution in [3.05, 3.63) is 29.4 Å². The van der Waals surface area contributed by atoms with E-state index in [9.17, 15) is 4.79 Å². The fourth-order valence-electron chi connectivity index (χ4n) is 2.47. The maximum absolute atomic E-state index is 12.6. The molecule has 0 aliphatic carbocycles. The first-order valence-electron chi connectivity index (χ1n) is 7.55. The number of nitrogens with zero attached hydrogens (tertiary/aromatic N) is 5. The maximum atomic E-state index is 12.6. The molecule has 0 saturated carbocycles. The number of amides is 1. The summed E-state index contributed by atoms with van der Waals surface area (Å²) in [6.07, 6.45) is 0. The molecule has 2 aromatic rings. The first-order valence-corrected chi connectivity index (χ1v) is 7.55. The molecule has 3 rings (SSSR count). The van der Waals surface area contributed by atoms with Crippen molar-refractivity contribution < 1.29 is 9.32 Å². The molecule has 8 heteroatoms. The zero-order valence-corrected chi connectivity index (χ0v) is 13.5. The van der Waals surface area contributed by atoms with Crippen LogP contribution in [0.1, 0.15) is 22.1 Å². The van der Waals surface area contributed by atoms with E-state index in [0.717, 1.165) is 13.1 Å². The number of carbonyl (C=O) groups excluding carboxylic acids is 1. The van der Waals surface area contributed by atoms with Crippen LogP contribution in [0, 0.1) is 13.8 Å². The van der Waals surface area contributed by atoms with Crippen LogP contribution in [-0.4, -0.2) is 64.1 Å². The molecule has 1 amide bonds. The summed E-state index contributed by atoms with van der Waals surface area (Å²) in [6.45, 7) is 6.75. The summed E-state index contributed by atoms with van der Waals surface area (Å²) in [5.41, 5.74) is 0.393. The summed E-state index contributed by atoms with van der Waals surface area (Å²) < 4.78 is 5.01. The van der Waals surface area contributed by atoms with Crippen molar-refractivity contribution in [1.29, 1.82) is 0 Å². The lowest BCUT2D eigenvalue weighted by Crippen LogP contribution is -2.47. The predicted octanol–water partition coefficient (Wildman–Crippen LogP) is 1.21. The number of anilines is 2. The average molecular weight is 316 g/mol. The fourth-order valence-corrected chi connectivity index (χ4v) is 2.47. The van der Waals surface area contributed by atoms with Crippen molar-refractivity contribution >= 4 is 17.5 Å². The van der Waals surface area contributed by atoms with Crippen molar-refractivity contribution in [2.45, 2.75) is 13.8 Å². The van der Waals surface area contributed by atoms with Gasteiger partial charge in [0.15, 0.2) is 5.82 Å². The van der Waals surface area contributed by atoms with Crippen LogP contribution in [0.2, 0.25) is 0 Å². The molecule has 0 atom stereocenters. The van der Waals surface area contributed by atoms with Crippen LogP contribution in [0.25, 0.3) is 0 Å². The molecular formula is C15H20N6O2. The minimum Gasteiger partial charge on any atom is -0.360 e. The van der Waals surface area contributed by atoms with E-state index in [2.05, 4.69) is 32.4 Å². The molecule has 1 fully saturated rings. The van der Waals surface area contributed by atoms with E-state index >= 15 is 0 Å². The van der Waals surface area contributed by atoms with Gasteiger partial charge < -0.3 is 19.6 Å². The number of carbonyl (C=O) groups is 1. The van der Waals surface area contributed by atoms with Gasteiger partial charge in [-0.25, -0.2) is 9.97 Å². The molecule has 2 aromatic heterocycles. The second-order valence-corrected chi connectivity index (χ2v) is 5.73. The predicted molar refractivity (Wildman–Crippen MR) is 84.7 cm³/mol. The molecule has 0 spiro atoms. The summed E-state index contributed by atoms with van der Waals surface area (Å²) in [7, 11) is 2.05. The molecule has 23 heavy (non-hydrogen) atoms. The zero-order chi connectivity index (χ0) is 16.4. The van der Waals surface area contributed by atoms with Crippen LogP contribution >= 0.6 is 0 Å². The third kappa shape index (κ3) is 3.65. The topological polar surface area (TPSA) is 87.4 Å². The first-order chi connectivity index (χ1) is 11.0. The van der Waals surface area contributed by atoms with E-state index in [0.29, 0.717) is 42.0 Å². The average Bonchev–Trinajstić information content (AvgIpc) is 2.92. The third-order valence-electron chi connectivity index (χ3n) is 3.73. The lowest BCUT2D eigenvalue weighted by atomic mass is 10.2. The molecule has 0 aromatic carbocycles. The monoisotopic (exact) mass is 316 g/mol. The largest absolute Gasteiger partial charge is 0.360 e. The van der Waals surface area contributed by atoms with Gasteiger partial charge in [0.25, 0.3) is 5.91 Å². The molecular weight excluding hydrogens is 296 g/mol. The van der Waals surface area contributed by atoms with Gasteiger partial charge in [-0.2, -0.15) is 0 Å². The number of nitrogens with one attached hydrogen (secondary N) is 1. The molecule has 3 heterocycles. The molecule has 0 radical (unpaired) electrons. The number of piperazine rings is 1. The molecule has 1 aliphatic heterocycles. The van der Waals surface area contributed by atoms with Crippen LogP contribution in [-0.2, 0) is 0 Å². The number of rotatable bonds is 3. The number of hydrogen-bond acceptors (Lipinski definition) is 7. The highest BCUT2D eigenvalue weighted by atomic mass is 16.5. The Kier molecular flexibility index (Phi) is 4.24. The van der Waals surface area contributed by atoms with Crippen molar-refractivity contribution in [3.63, 3.8) is 0 Å². The van der Waals surface area contributed by atoms with E-state index in [1.165, 1.54) is 0 Å². The quantitative estimate of drug-likeness (QED) is 0.910. The normalized spacial score (nSPS) is 15.7. The third-order valence-corrected chi connectivity index (χ3v) is 3.73. The van der Waals surface area contributed by atoms with E-state index in [4.69, 9.17) is 4.52 Å². The molecule has 8 nitrogen and oxygen atoms in total. The van der Waals surface area contributed by atoms with Crippen molar-refractivity contribution in [3.8, 4) is 0 Å². The summed E-state index contributed by atoms with van der Waals surface area (Å²) in [5, 5.41) is 6.90. The Morgan fingerprint density at radius 3 is 2.52 bits per heavy atom. The zero-order valence-electron chi connectivity index (χ0n) is 13.5. The van der Waals surface area contributed by atoms with Gasteiger partial charge in [-0.1, -0.05) is 5.16 Å². The molecule has 1 aliphatic rings. The van der Waals surface area contributed by atoms with Crippen LogP contribution < -0.4 is 5.32 Å². The van der Waals surface area contributed by atoms with Crippen LogP contribution in [0.3, 0.4) is 0 Å². The Labute approximate surface area is 134 Å². The molecule has 1 N–H and O–H groups in total. The standard InChI is InChI=1S/C15H20N6O2/c1-10-8-14(19-23-10)18-13-9-12(16-11(2)17-13)15(22)21-6-4-20(3)5-7-21/h8-9H,4-7H2,1-3H3,(H,16,17,18,19). The summed E-state index contributed by atoms with van der Waals surface area (Å²) in [5.74, 6) is 2.25. The van der Waals surface area contributed by atoms with E-state index in [1.54, 1.807) is 19.1 Å². The van der Waals surface area contributed by atoms with Crippen molar-refractivity contribution in [1.82, 2.24) is 24.9 Å². The number of aromatic nitrogens is 3. The molecule has 0 bridgehead atoms. The Bertz CT molecular complexity index is 706.